The zero-order chi connectivity index (χ0) is 13.1. The van der Waals surface area contributed by atoms with Crippen LogP contribution in [0.3, 0.4) is 0 Å². The number of hydrogen-bond acceptors (Lipinski definition) is 1. The van der Waals surface area contributed by atoms with Crippen LogP contribution in [-0.2, 0) is 25.7 Å². The first-order valence-corrected chi connectivity index (χ1v) is 6.86. The lowest BCUT2D eigenvalue weighted by atomic mass is 9.94. The summed E-state index contributed by atoms with van der Waals surface area (Å²) >= 11 is 0. The van der Waals surface area contributed by atoms with Crippen LogP contribution >= 0.6 is 0 Å². The molecule has 1 aromatic carbocycles. The number of rotatable bonds is 3. The van der Waals surface area contributed by atoms with Crippen molar-refractivity contribution in [2.45, 2.75) is 46.0 Å². The Balaban J connectivity index is 2.52. The molecule has 0 bridgehead atoms. The van der Waals surface area contributed by atoms with Crippen LogP contribution in [0.15, 0.2) is 6.07 Å². The summed E-state index contributed by atoms with van der Waals surface area (Å²) in [6.07, 6.45) is 5.43. The van der Waals surface area contributed by atoms with Crippen molar-refractivity contribution in [1.29, 1.82) is 0 Å². The molecule has 2 N–H and O–H groups in total. The molecule has 18 heavy (non-hydrogen) atoms. The van der Waals surface area contributed by atoms with Crippen LogP contribution in [0, 0.1) is 0 Å². The Kier molecular flexibility index (Phi) is 3.90. The van der Waals surface area contributed by atoms with Gasteiger partial charge in [0.15, 0.2) is 0 Å². The Morgan fingerprint density at radius 1 is 1.28 bits per heavy atom. The van der Waals surface area contributed by atoms with E-state index in [0.29, 0.717) is 0 Å². The van der Waals surface area contributed by atoms with Crippen molar-refractivity contribution in [2.24, 2.45) is 0 Å². The quantitative estimate of drug-likeness (QED) is 0.845. The highest BCUT2D eigenvalue weighted by atomic mass is 16.2. The Morgan fingerprint density at radius 2 is 2.06 bits per heavy atom. The summed E-state index contributed by atoms with van der Waals surface area (Å²) in [5, 5.41) is 5.68. The van der Waals surface area contributed by atoms with Crippen molar-refractivity contribution in [3.63, 3.8) is 0 Å². The van der Waals surface area contributed by atoms with Gasteiger partial charge in [-0.05, 0) is 54.4 Å². The maximum Gasteiger partial charge on any atom is 0.318 e. The van der Waals surface area contributed by atoms with Gasteiger partial charge in [-0.2, -0.15) is 0 Å². The number of urea groups is 1. The average Bonchev–Trinajstić information content (AvgIpc) is 2.85. The standard InChI is InChI=1S/C15H22N2O/c1-4-10-9-11-7-6-8-13(11)14(12(10)5-2)17-15(18)16-3/h9H,4-8H2,1-3H3,(H2,16,17,18). The van der Waals surface area contributed by atoms with Gasteiger partial charge in [0.2, 0.25) is 0 Å². The van der Waals surface area contributed by atoms with Gasteiger partial charge in [0.05, 0.1) is 0 Å². The number of anilines is 1. The van der Waals surface area contributed by atoms with Crippen molar-refractivity contribution in [3.8, 4) is 0 Å². The maximum absolute atomic E-state index is 11.6. The third-order valence-electron chi connectivity index (χ3n) is 3.80. The Labute approximate surface area is 109 Å². The summed E-state index contributed by atoms with van der Waals surface area (Å²) in [6, 6.07) is 2.22. The lowest BCUT2D eigenvalue weighted by Crippen LogP contribution is -2.26. The minimum Gasteiger partial charge on any atom is -0.341 e. The van der Waals surface area contributed by atoms with Gasteiger partial charge in [-0.25, -0.2) is 4.79 Å². The third-order valence-corrected chi connectivity index (χ3v) is 3.80. The van der Waals surface area contributed by atoms with E-state index in [1.807, 2.05) is 0 Å². The molecule has 0 atom stereocenters. The molecule has 0 aliphatic heterocycles. The molecule has 3 heteroatoms. The predicted molar refractivity (Wildman–Crippen MR) is 75.3 cm³/mol. The monoisotopic (exact) mass is 246 g/mol. The van der Waals surface area contributed by atoms with E-state index in [1.165, 1.54) is 28.7 Å². The second-order valence-corrected chi connectivity index (χ2v) is 4.79. The highest BCUT2D eigenvalue weighted by molar-refractivity contribution is 5.91. The van der Waals surface area contributed by atoms with Crippen molar-refractivity contribution in [2.75, 3.05) is 12.4 Å². The smallest absolute Gasteiger partial charge is 0.318 e. The number of carbonyl (C=O) groups is 1. The summed E-state index contributed by atoms with van der Waals surface area (Å²) in [7, 11) is 1.66. The van der Waals surface area contributed by atoms with Crippen molar-refractivity contribution in [1.82, 2.24) is 5.32 Å². The van der Waals surface area contributed by atoms with Crippen LogP contribution in [0.2, 0.25) is 0 Å². The SMILES string of the molecule is CCc1cc2c(c(NC(=O)NC)c1CC)CCC2. The highest BCUT2D eigenvalue weighted by Gasteiger charge is 2.21. The second-order valence-electron chi connectivity index (χ2n) is 4.79. The van der Waals surface area contributed by atoms with E-state index in [4.69, 9.17) is 0 Å². The average molecular weight is 246 g/mol. The number of benzene rings is 1. The summed E-state index contributed by atoms with van der Waals surface area (Å²) in [4.78, 5) is 11.6. The van der Waals surface area contributed by atoms with E-state index in [-0.39, 0.29) is 6.03 Å². The molecular weight excluding hydrogens is 224 g/mol. The largest absolute Gasteiger partial charge is 0.341 e. The zero-order valence-electron chi connectivity index (χ0n) is 11.5. The number of aryl methyl sites for hydroxylation is 2. The molecule has 2 rings (SSSR count). The first-order chi connectivity index (χ1) is 8.71. The van der Waals surface area contributed by atoms with Gasteiger partial charge >= 0.3 is 6.03 Å². The summed E-state index contributed by atoms with van der Waals surface area (Å²) in [5.41, 5.74) is 6.54. The molecule has 0 heterocycles. The number of carbonyl (C=O) groups excluding carboxylic acids is 1. The minimum absolute atomic E-state index is 0.118. The fraction of sp³-hybridized carbons (Fsp3) is 0.533. The van der Waals surface area contributed by atoms with Crippen molar-refractivity contribution >= 4 is 11.7 Å². The number of amides is 2. The van der Waals surface area contributed by atoms with E-state index in [1.54, 1.807) is 7.05 Å². The zero-order valence-corrected chi connectivity index (χ0v) is 11.5. The molecule has 1 aliphatic rings. The van der Waals surface area contributed by atoms with Crippen LogP contribution in [0.4, 0.5) is 10.5 Å². The van der Waals surface area contributed by atoms with Crippen LogP contribution < -0.4 is 10.6 Å². The molecule has 0 radical (unpaired) electrons. The fourth-order valence-corrected chi connectivity index (χ4v) is 2.90. The predicted octanol–water partition coefficient (Wildman–Crippen LogP) is 3.05. The van der Waals surface area contributed by atoms with Crippen LogP contribution in [0.25, 0.3) is 0 Å². The highest BCUT2D eigenvalue weighted by Crippen LogP contribution is 2.35. The Hall–Kier alpha value is -1.51. The number of nitrogens with one attached hydrogen (secondary N) is 2. The number of fused-ring (bicyclic) bond motifs is 1. The lowest BCUT2D eigenvalue weighted by molar-refractivity contribution is 0.254. The summed E-state index contributed by atoms with van der Waals surface area (Å²) in [6.45, 7) is 4.34. The van der Waals surface area contributed by atoms with Gasteiger partial charge in [-0.1, -0.05) is 19.9 Å². The molecule has 1 aromatic rings. The number of hydrogen-bond donors (Lipinski definition) is 2. The molecule has 1 aliphatic carbocycles. The van der Waals surface area contributed by atoms with E-state index in [0.717, 1.165) is 31.4 Å². The maximum atomic E-state index is 11.6. The van der Waals surface area contributed by atoms with Gasteiger partial charge in [0.25, 0.3) is 0 Å². The molecule has 0 spiro atoms. The first kappa shape index (κ1) is 12.9. The molecular formula is C15H22N2O. The first-order valence-electron chi connectivity index (χ1n) is 6.86. The molecule has 0 aromatic heterocycles. The van der Waals surface area contributed by atoms with Gasteiger partial charge < -0.3 is 10.6 Å². The van der Waals surface area contributed by atoms with Crippen LogP contribution in [0.5, 0.6) is 0 Å². The van der Waals surface area contributed by atoms with Gasteiger partial charge in [-0.15, -0.1) is 0 Å². The molecule has 2 amide bonds. The van der Waals surface area contributed by atoms with Crippen molar-refractivity contribution in [3.05, 3.63) is 28.3 Å². The van der Waals surface area contributed by atoms with E-state index >= 15 is 0 Å². The van der Waals surface area contributed by atoms with E-state index in [9.17, 15) is 4.79 Å². The molecule has 98 valence electrons. The minimum atomic E-state index is -0.118. The molecule has 0 saturated heterocycles. The van der Waals surface area contributed by atoms with Crippen LogP contribution in [0.1, 0.15) is 42.5 Å². The van der Waals surface area contributed by atoms with Crippen LogP contribution in [-0.4, -0.2) is 13.1 Å². The molecule has 0 fully saturated rings. The molecule has 0 saturated carbocycles. The second kappa shape index (κ2) is 5.42. The summed E-state index contributed by atoms with van der Waals surface area (Å²) < 4.78 is 0. The normalized spacial score (nSPS) is 13.3. The molecule has 0 unspecified atom stereocenters. The fourth-order valence-electron chi connectivity index (χ4n) is 2.90. The topological polar surface area (TPSA) is 41.1 Å². The summed E-state index contributed by atoms with van der Waals surface area (Å²) in [5.74, 6) is 0. The van der Waals surface area contributed by atoms with E-state index < -0.39 is 0 Å². The van der Waals surface area contributed by atoms with Gasteiger partial charge in [0, 0.05) is 12.7 Å². The Morgan fingerprint density at radius 3 is 2.67 bits per heavy atom. The van der Waals surface area contributed by atoms with Crippen molar-refractivity contribution < 1.29 is 4.79 Å². The van der Waals surface area contributed by atoms with Gasteiger partial charge in [0.1, 0.15) is 0 Å². The van der Waals surface area contributed by atoms with Gasteiger partial charge in [-0.3, -0.25) is 0 Å². The Bertz CT molecular complexity index is 466. The lowest BCUT2D eigenvalue weighted by Gasteiger charge is -2.18. The molecule has 3 nitrogen and oxygen atoms in total. The third kappa shape index (κ3) is 2.22. The van der Waals surface area contributed by atoms with E-state index in [2.05, 4.69) is 30.5 Å².